The van der Waals surface area contributed by atoms with Crippen molar-refractivity contribution in [2.45, 2.75) is 13.1 Å². The number of hydrogen-bond acceptors (Lipinski definition) is 6. The Balaban J connectivity index is 2.06. The van der Waals surface area contributed by atoms with Gasteiger partial charge >= 0.3 is 12.3 Å². The average molecular weight is 423 g/mol. The molecule has 0 radical (unpaired) electrons. The summed E-state index contributed by atoms with van der Waals surface area (Å²) in [6.07, 6.45) is -3.76. The van der Waals surface area contributed by atoms with Gasteiger partial charge in [0, 0.05) is 17.3 Å². The van der Waals surface area contributed by atoms with Gasteiger partial charge < -0.3 is 9.47 Å². The molecular formula is C19H16F3N3O3S. The Morgan fingerprint density at radius 3 is 2.55 bits per heavy atom. The zero-order valence-corrected chi connectivity index (χ0v) is 16.2. The van der Waals surface area contributed by atoms with E-state index in [4.69, 9.17) is 4.74 Å². The minimum Gasteiger partial charge on any atom is -0.484 e. The fraction of sp³-hybridized carbons (Fsp3) is 0.211. The molecule has 29 heavy (non-hydrogen) atoms. The number of aromatic nitrogens is 2. The first kappa shape index (κ1) is 20.6. The van der Waals surface area contributed by atoms with Crippen LogP contribution in [0.15, 0.2) is 42.6 Å². The summed E-state index contributed by atoms with van der Waals surface area (Å²) in [6, 6.07) is 10.5. The van der Waals surface area contributed by atoms with Crippen molar-refractivity contribution < 1.29 is 27.4 Å². The van der Waals surface area contributed by atoms with Crippen molar-refractivity contribution >= 4 is 22.6 Å². The van der Waals surface area contributed by atoms with Gasteiger partial charge in [0.15, 0.2) is 11.7 Å². The molecule has 1 N–H and O–H groups in total. The van der Waals surface area contributed by atoms with Crippen LogP contribution in [0.3, 0.4) is 0 Å². The van der Waals surface area contributed by atoms with Gasteiger partial charge in [0.2, 0.25) is 0 Å². The van der Waals surface area contributed by atoms with Gasteiger partial charge in [-0.15, -0.1) is 0 Å². The second kappa shape index (κ2) is 8.48. The minimum absolute atomic E-state index is 0.0715. The maximum absolute atomic E-state index is 12.5. The van der Waals surface area contributed by atoms with Crippen LogP contribution in [0.2, 0.25) is 0 Å². The third kappa shape index (κ3) is 5.02. The molecule has 0 unspecified atom stereocenters. The number of carbonyl (C=O) groups excluding carboxylic acids is 1. The molecule has 0 atom stereocenters. The van der Waals surface area contributed by atoms with Crippen LogP contribution < -0.4 is 10.1 Å². The molecule has 1 amide bonds. The fourth-order valence-corrected chi connectivity index (χ4v) is 3.55. The zero-order valence-electron chi connectivity index (χ0n) is 15.4. The minimum atomic E-state index is -4.45. The maximum Gasteiger partial charge on any atom is 0.422 e. The molecular weight excluding hydrogens is 407 g/mol. The van der Waals surface area contributed by atoms with Crippen molar-refractivity contribution in [3.8, 4) is 27.6 Å². The number of ether oxygens (including phenoxy) is 2. The predicted molar refractivity (Wildman–Crippen MR) is 103 cm³/mol. The van der Waals surface area contributed by atoms with E-state index in [1.807, 2.05) is 30.3 Å². The van der Waals surface area contributed by atoms with Gasteiger partial charge in [-0.1, -0.05) is 41.7 Å². The van der Waals surface area contributed by atoms with Gasteiger partial charge in [0.1, 0.15) is 5.75 Å². The van der Waals surface area contributed by atoms with Crippen molar-refractivity contribution in [1.29, 1.82) is 0 Å². The highest BCUT2D eigenvalue weighted by molar-refractivity contribution is 7.19. The Morgan fingerprint density at radius 2 is 1.90 bits per heavy atom. The normalized spacial score (nSPS) is 11.2. The molecule has 0 fully saturated rings. The van der Waals surface area contributed by atoms with Crippen molar-refractivity contribution in [2.75, 3.05) is 19.0 Å². The summed E-state index contributed by atoms with van der Waals surface area (Å²) in [4.78, 5) is 20.9. The summed E-state index contributed by atoms with van der Waals surface area (Å²) < 4.78 is 47.1. The summed E-state index contributed by atoms with van der Waals surface area (Å²) in [6.45, 7) is 0.219. The summed E-state index contributed by atoms with van der Waals surface area (Å²) >= 11 is 1.13. The van der Waals surface area contributed by atoms with E-state index in [1.165, 1.54) is 19.4 Å². The molecule has 0 aliphatic rings. The highest BCUT2D eigenvalue weighted by Gasteiger charge is 2.29. The van der Waals surface area contributed by atoms with Gasteiger partial charge in [0.05, 0.1) is 23.4 Å². The van der Waals surface area contributed by atoms with Crippen molar-refractivity contribution in [1.82, 2.24) is 9.97 Å². The molecule has 0 saturated heterocycles. The number of alkyl halides is 3. The van der Waals surface area contributed by atoms with Gasteiger partial charge in [0.25, 0.3) is 0 Å². The topological polar surface area (TPSA) is 73.3 Å². The third-order valence-corrected chi connectivity index (χ3v) is 4.81. The summed E-state index contributed by atoms with van der Waals surface area (Å²) in [5.41, 5.74) is 2.14. The molecule has 0 saturated carbocycles. The smallest absolute Gasteiger partial charge is 0.422 e. The molecule has 10 heteroatoms. The lowest BCUT2D eigenvalue weighted by atomic mass is 10.1. The van der Waals surface area contributed by atoms with Crippen LogP contribution in [-0.4, -0.2) is 36.0 Å². The van der Waals surface area contributed by atoms with E-state index < -0.39 is 18.9 Å². The number of thiazole rings is 1. The van der Waals surface area contributed by atoms with Gasteiger partial charge in [-0.05, 0) is 13.0 Å². The number of amides is 1. The molecule has 2 heterocycles. The first-order valence-corrected chi connectivity index (χ1v) is 9.17. The number of pyridine rings is 1. The Hall–Kier alpha value is -3.14. The van der Waals surface area contributed by atoms with E-state index in [2.05, 4.69) is 20.0 Å². The second-order valence-electron chi connectivity index (χ2n) is 5.87. The van der Waals surface area contributed by atoms with E-state index in [0.29, 0.717) is 21.8 Å². The van der Waals surface area contributed by atoms with Gasteiger partial charge in [-0.25, -0.2) is 9.78 Å². The number of nitrogens with zero attached hydrogens (tertiary/aromatic N) is 2. The number of hydrogen-bond donors (Lipinski definition) is 1. The predicted octanol–water partition coefficient (Wildman–Crippen LogP) is 5.30. The highest BCUT2D eigenvalue weighted by atomic mass is 32.1. The highest BCUT2D eigenvalue weighted by Crippen LogP contribution is 2.41. The first-order chi connectivity index (χ1) is 13.8. The lowest BCUT2D eigenvalue weighted by Crippen LogP contribution is -2.19. The van der Waals surface area contributed by atoms with Crippen LogP contribution in [0.4, 0.5) is 23.1 Å². The second-order valence-corrected chi connectivity index (χ2v) is 6.86. The molecule has 0 spiro atoms. The van der Waals surface area contributed by atoms with E-state index in [-0.39, 0.29) is 10.9 Å². The Morgan fingerprint density at radius 1 is 1.17 bits per heavy atom. The molecule has 152 valence electrons. The monoisotopic (exact) mass is 423 g/mol. The van der Waals surface area contributed by atoms with Crippen molar-refractivity contribution in [2.24, 2.45) is 0 Å². The fourth-order valence-electron chi connectivity index (χ4n) is 2.53. The summed E-state index contributed by atoms with van der Waals surface area (Å²) in [7, 11) is 1.23. The van der Waals surface area contributed by atoms with E-state index in [0.717, 1.165) is 16.9 Å². The summed E-state index contributed by atoms with van der Waals surface area (Å²) in [5, 5.41) is 2.78. The van der Waals surface area contributed by atoms with Crippen LogP contribution >= 0.6 is 11.3 Å². The molecule has 0 aliphatic heterocycles. The van der Waals surface area contributed by atoms with E-state index in [1.54, 1.807) is 6.92 Å². The van der Waals surface area contributed by atoms with Crippen molar-refractivity contribution in [3.63, 3.8) is 0 Å². The molecule has 0 bridgehead atoms. The van der Waals surface area contributed by atoms with Crippen LogP contribution in [-0.2, 0) is 4.74 Å². The molecule has 2 aromatic heterocycles. The number of halogens is 3. The summed E-state index contributed by atoms with van der Waals surface area (Å²) in [5.74, 6) is 0.0715. The Labute approximate surface area is 168 Å². The average Bonchev–Trinajstić information content (AvgIpc) is 3.10. The van der Waals surface area contributed by atoms with Crippen LogP contribution in [0.25, 0.3) is 21.8 Å². The third-order valence-electron chi connectivity index (χ3n) is 3.83. The van der Waals surface area contributed by atoms with E-state index in [9.17, 15) is 18.0 Å². The number of rotatable bonds is 5. The standard InChI is InChI=1S/C19H16F3N3O3S/c1-11-13(28-10-19(20,21)22)8-9-23-14(11)16-15(12-6-4-3-5-7-12)24-17(29-16)25-18(26)27-2/h3-9H,10H2,1-2H3,(H,24,25,26). The first-order valence-electron chi connectivity index (χ1n) is 8.35. The number of nitrogens with one attached hydrogen (secondary N) is 1. The van der Waals surface area contributed by atoms with Crippen LogP contribution in [0.1, 0.15) is 5.56 Å². The largest absolute Gasteiger partial charge is 0.484 e. The molecule has 1 aromatic carbocycles. The molecule has 3 aromatic rings. The SMILES string of the molecule is COC(=O)Nc1nc(-c2ccccc2)c(-c2nccc(OCC(F)(F)F)c2C)s1. The molecule has 6 nitrogen and oxygen atoms in total. The number of anilines is 1. The quantitative estimate of drug-likeness (QED) is 0.603. The van der Waals surface area contributed by atoms with Gasteiger partial charge in [-0.3, -0.25) is 10.3 Å². The Bertz CT molecular complexity index is 1010. The maximum atomic E-state index is 12.5. The lowest BCUT2D eigenvalue weighted by Gasteiger charge is -2.13. The molecule has 0 aliphatic carbocycles. The van der Waals surface area contributed by atoms with Crippen molar-refractivity contribution in [3.05, 3.63) is 48.2 Å². The van der Waals surface area contributed by atoms with Gasteiger partial charge in [-0.2, -0.15) is 13.2 Å². The van der Waals surface area contributed by atoms with Crippen LogP contribution in [0, 0.1) is 6.92 Å². The number of carbonyl (C=O) groups is 1. The zero-order chi connectivity index (χ0) is 21.0. The molecule has 3 rings (SSSR count). The number of benzene rings is 1. The Kier molecular flexibility index (Phi) is 6.02. The van der Waals surface area contributed by atoms with E-state index >= 15 is 0 Å². The lowest BCUT2D eigenvalue weighted by molar-refractivity contribution is -0.153. The van der Waals surface area contributed by atoms with Crippen LogP contribution in [0.5, 0.6) is 5.75 Å². The number of methoxy groups -OCH3 is 1.